The molecular formula is C13H26N2O. The topological polar surface area (TPSA) is 35.5 Å². The second kappa shape index (κ2) is 6.38. The minimum atomic E-state index is 0.270. The first-order chi connectivity index (χ1) is 7.54. The van der Waals surface area contributed by atoms with Crippen molar-refractivity contribution in [3.8, 4) is 0 Å². The van der Waals surface area contributed by atoms with E-state index in [0.29, 0.717) is 18.0 Å². The summed E-state index contributed by atoms with van der Waals surface area (Å²) in [4.78, 5) is 2.36. The van der Waals surface area contributed by atoms with Crippen LogP contribution >= 0.6 is 0 Å². The summed E-state index contributed by atoms with van der Waals surface area (Å²) in [7, 11) is 0. The van der Waals surface area contributed by atoms with Gasteiger partial charge in [0.25, 0.3) is 0 Å². The molecule has 2 N–H and O–H groups in total. The number of aliphatic hydroxyl groups is 1. The maximum atomic E-state index is 9.35. The largest absolute Gasteiger partial charge is 0.395 e. The molecule has 1 saturated heterocycles. The fraction of sp³-hybridized carbons (Fsp3) is 0.846. The third-order valence-electron chi connectivity index (χ3n) is 3.37. The van der Waals surface area contributed by atoms with Gasteiger partial charge in [0, 0.05) is 25.2 Å². The summed E-state index contributed by atoms with van der Waals surface area (Å²) < 4.78 is 0. The molecule has 16 heavy (non-hydrogen) atoms. The third-order valence-corrected chi connectivity index (χ3v) is 3.37. The first-order valence-electron chi connectivity index (χ1n) is 6.29. The van der Waals surface area contributed by atoms with Gasteiger partial charge in [-0.25, -0.2) is 0 Å². The zero-order valence-electron chi connectivity index (χ0n) is 10.9. The lowest BCUT2D eigenvalue weighted by atomic mass is 10.0. The molecule has 0 bridgehead atoms. The highest BCUT2D eigenvalue weighted by Gasteiger charge is 2.30. The average Bonchev–Trinajstić information content (AvgIpc) is 2.56. The Morgan fingerprint density at radius 1 is 1.56 bits per heavy atom. The van der Waals surface area contributed by atoms with E-state index in [9.17, 15) is 5.11 Å². The SMILES string of the molecule is C=C(CNC(C)C)CN1CCC(C)C1CO. The van der Waals surface area contributed by atoms with Crippen LogP contribution in [0, 0.1) is 5.92 Å². The van der Waals surface area contributed by atoms with Gasteiger partial charge in [-0.1, -0.05) is 27.4 Å². The van der Waals surface area contributed by atoms with E-state index in [4.69, 9.17) is 0 Å². The maximum absolute atomic E-state index is 9.35. The minimum absolute atomic E-state index is 0.270. The summed E-state index contributed by atoms with van der Waals surface area (Å²) in [6.45, 7) is 13.7. The Labute approximate surface area is 99.5 Å². The van der Waals surface area contributed by atoms with Gasteiger partial charge in [-0.3, -0.25) is 4.90 Å². The quantitative estimate of drug-likeness (QED) is 0.669. The van der Waals surface area contributed by atoms with Crippen molar-refractivity contribution in [3.63, 3.8) is 0 Å². The number of rotatable bonds is 6. The normalized spacial score (nSPS) is 26.6. The van der Waals surface area contributed by atoms with Crippen LogP contribution in [-0.4, -0.2) is 48.3 Å². The zero-order valence-corrected chi connectivity index (χ0v) is 10.9. The highest BCUT2D eigenvalue weighted by atomic mass is 16.3. The van der Waals surface area contributed by atoms with Crippen molar-refractivity contribution >= 4 is 0 Å². The molecule has 2 unspecified atom stereocenters. The van der Waals surface area contributed by atoms with Crippen LogP contribution < -0.4 is 5.32 Å². The zero-order chi connectivity index (χ0) is 12.1. The van der Waals surface area contributed by atoms with Gasteiger partial charge in [0.15, 0.2) is 0 Å². The molecule has 3 nitrogen and oxygen atoms in total. The van der Waals surface area contributed by atoms with Crippen LogP contribution in [0.2, 0.25) is 0 Å². The molecule has 1 aliphatic rings. The lowest BCUT2D eigenvalue weighted by Crippen LogP contribution is -2.38. The Balaban J connectivity index is 2.33. The van der Waals surface area contributed by atoms with E-state index in [0.717, 1.165) is 19.6 Å². The molecule has 1 fully saturated rings. The Kier molecular flexibility index (Phi) is 5.46. The van der Waals surface area contributed by atoms with Crippen LogP contribution in [0.5, 0.6) is 0 Å². The van der Waals surface area contributed by atoms with Crippen molar-refractivity contribution in [2.75, 3.05) is 26.2 Å². The Morgan fingerprint density at radius 3 is 2.81 bits per heavy atom. The van der Waals surface area contributed by atoms with Crippen molar-refractivity contribution in [2.24, 2.45) is 5.92 Å². The summed E-state index contributed by atoms with van der Waals surface area (Å²) >= 11 is 0. The van der Waals surface area contributed by atoms with Gasteiger partial charge in [0.2, 0.25) is 0 Å². The molecule has 0 aliphatic carbocycles. The highest BCUT2D eigenvalue weighted by molar-refractivity contribution is 5.02. The second-order valence-electron chi connectivity index (χ2n) is 5.27. The van der Waals surface area contributed by atoms with Crippen molar-refractivity contribution in [1.82, 2.24) is 10.2 Å². The number of aliphatic hydroxyl groups excluding tert-OH is 1. The van der Waals surface area contributed by atoms with E-state index < -0.39 is 0 Å². The van der Waals surface area contributed by atoms with Crippen LogP contribution in [0.25, 0.3) is 0 Å². The van der Waals surface area contributed by atoms with Crippen LogP contribution in [0.3, 0.4) is 0 Å². The Morgan fingerprint density at radius 2 is 2.25 bits per heavy atom. The standard InChI is InChI=1S/C13H26N2O/c1-10(2)14-7-11(3)8-15-6-5-12(4)13(15)9-16/h10,12-14,16H,3,5-9H2,1-2,4H3. The minimum Gasteiger partial charge on any atom is -0.395 e. The molecule has 2 atom stereocenters. The highest BCUT2D eigenvalue weighted by Crippen LogP contribution is 2.23. The van der Waals surface area contributed by atoms with Gasteiger partial charge < -0.3 is 10.4 Å². The van der Waals surface area contributed by atoms with E-state index in [-0.39, 0.29) is 6.61 Å². The molecule has 0 aromatic rings. The molecular weight excluding hydrogens is 200 g/mol. The van der Waals surface area contributed by atoms with Crippen LogP contribution in [-0.2, 0) is 0 Å². The molecule has 0 radical (unpaired) electrons. The van der Waals surface area contributed by atoms with Crippen LogP contribution in [0.4, 0.5) is 0 Å². The number of nitrogens with one attached hydrogen (secondary N) is 1. The van der Waals surface area contributed by atoms with E-state index in [2.05, 4.69) is 37.6 Å². The molecule has 0 spiro atoms. The monoisotopic (exact) mass is 226 g/mol. The lowest BCUT2D eigenvalue weighted by Gasteiger charge is -2.26. The molecule has 1 aliphatic heterocycles. The average molecular weight is 226 g/mol. The summed E-state index contributed by atoms with van der Waals surface area (Å²) in [5.41, 5.74) is 1.21. The van der Waals surface area contributed by atoms with E-state index >= 15 is 0 Å². The smallest absolute Gasteiger partial charge is 0.0589 e. The lowest BCUT2D eigenvalue weighted by molar-refractivity contribution is 0.147. The van der Waals surface area contributed by atoms with E-state index in [1.54, 1.807) is 0 Å². The summed E-state index contributed by atoms with van der Waals surface area (Å²) in [6, 6.07) is 0.832. The fourth-order valence-electron chi connectivity index (χ4n) is 2.27. The first kappa shape index (κ1) is 13.7. The number of hydrogen-bond donors (Lipinski definition) is 2. The van der Waals surface area contributed by atoms with Gasteiger partial charge in [0.1, 0.15) is 0 Å². The molecule has 1 rings (SSSR count). The Hall–Kier alpha value is -0.380. The van der Waals surface area contributed by atoms with E-state index in [1.807, 2.05) is 0 Å². The van der Waals surface area contributed by atoms with Gasteiger partial charge in [-0.15, -0.1) is 0 Å². The first-order valence-corrected chi connectivity index (χ1v) is 6.29. The van der Waals surface area contributed by atoms with Gasteiger partial charge >= 0.3 is 0 Å². The molecule has 1 heterocycles. The van der Waals surface area contributed by atoms with Crippen LogP contribution in [0.15, 0.2) is 12.2 Å². The summed E-state index contributed by atoms with van der Waals surface area (Å²) in [5, 5.41) is 12.7. The molecule has 94 valence electrons. The fourth-order valence-corrected chi connectivity index (χ4v) is 2.27. The summed E-state index contributed by atoms with van der Waals surface area (Å²) in [5.74, 6) is 0.607. The predicted octanol–water partition coefficient (Wildman–Crippen LogP) is 1.24. The van der Waals surface area contributed by atoms with Crippen molar-refractivity contribution < 1.29 is 5.11 Å². The van der Waals surface area contributed by atoms with E-state index in [1.165, 1.54) is 12.0 Å². The van der Waals surface area contributed by atoms with Gasteiger partial charge in [-0.05, 0) is 24.5 Å². The van der Waals surface area contributed by atoms with Gasteiger partial charge in [0.05, 0.1) is 6.61 Å². The van der Waals surface area contributed by atoms with Crippen LogP contribution in [0.1, 0.15) is 27.2 Å². The maximum Gasteiger partial charge on any atom is 0.0589 e. The number of hydrogen-bond acceptors (Lipinski definition) is 3. The molecule has 0 amide bonds. The van der Waals surface area contributed by atoms with Crippen molar-refractivity contribution in [3.05, 3.63) is 12.2 Å². The third kappa shape index (κ3) is 3.89. The number of likely N-dealkylation sites (tertiary alicyclic amines) is 1. The van der Waals surface area contributed by atoms with Crippen molar-refractivity contribution in [2.45, 2.75) is 39.3 Å². The molecule has 3 heteroatoms. The molecule has 0 saturated carbocycles. The predicted molar refractivity (Wildman–Crippen MR) is 68.5 cm³/mol. The number of nitrogens with zero attached hydrogens (tertiary/aromatic N) is 1. The second-order valence-corrected chi connectivity index (χ2v) is 5.27. The molecule has 0 aromatic carbocycles. The Bertz CT molecular complexity index is 228. The van der Waals surface area contributed by atoms with Crippen molar-refractivity contribution in [1.29, 1.82) is 0 Å². The van der Waals surface area contributed by atoms with Gasteiger partial charge in [-0.2, -0.15) is 0 Å². The molecule has 0 aromatic heterocycles. The summed E-state index contributed by atoms with van der Waals surface area (Å²) in [6.07, 6.45) is 1.19.